The molecule has 1 amide bonds. The van der Waals surface area contributed by atoms with Gasteiger partial charge in [0.2, 0.25) is 5.91 Å². The molecule has 1 N–H and O–H groups in total. The molecule has 4 rings (SSSR count). The van der Waals surface area contributed by atoms with Crippen LogP contribution < -0.4 is 5.32 Å². The molecule has 4 nitrogen and oxygen atoms in total. The van der Waals surface area contributed by atoms with Crippen LogP contribution in [0.1, 0.15) is 12.3 Å². The number of hydrogen-bond donors (Lipinski definition) is 1. The van der Waals surface area contributed by atoms with E-state index in [9.17, 15) is 4.79 Å². The molecule has 0 aliphatic heterocycles. The van der Waals surface area contributed by atoms with Crippen molar-refractivity contribution in [2.75, 3.05) is 5.32 Å². The summed E-state index contributed by atoms with van der Waals surface area (Å²) in [5.41, 5.74) is 1.80. The molecule has 128 valence electrons. The number of aryl methyl sites for hydroxylation is 1. The zero-order valence-corrected chi connectivity index (χ0v) is 14.2. The largest absolute Gasteiger partial charge is 0.441 e. The van der Waals surface area contributed by atoms with Crippen molar-refractivity contribution in [1.29, 1.82) is 0 Å². The number of rotatable bonds is 5. The molecule has 0 bridgehead atoms. The minimum Gasteiger partial charge on any atom is -0.441 e. The summed E-state index contributed by atoms with van der Waals surface area (Å²) < 4.78 is 5.75. The van der Waals surface area contributed by atoms with E-state index in [0.29, 0.717) is 18.7 Å². The summed E-state index contributed by atoms with van der Waals surface area (Å²) in [6.07, 6.45) is 2.48. The van der Waals surface area contributed by atoms with E-state index in [1.807, 2.05) is 72.8 Å². The van der Waals surface area contributed by atoms with Gasteiger partial charge in [0.15, 0.2) is 11.7 Å². The van der Waals surface area contributed by atoms with Gasteiger partial charge in [-0.2, -0.15) is 0 Å². The minimum atomic E-state index is -0.0548. The van der Waals surface area contributed by atoms with Crippen LogP contribution >= 0.6 is 0 Å². The number of amides is 1. The number of nitrogens with zero attached hydrogens (tertiary/aromatic N) is 1. The standard InChI is InChI=1S/C22H18N2O2/c25-21(24-19-12-6-10-16-7-4-5-11-18(16)19)13-14-22-23-15-20(26-22)17-8-2-1-3-9-17/h1-12,15H,13-14H2,(H,24,25). The fraction of sp³-hybridized carbons (Fsp3) is 0.0909. The minimum absolute atomic E-state index is 0.0548. The van der Waals surface area contributed by atoms with Gasteiger partial charge in [0.1, 0.15) is 0 Å². The molecule has 1 aromatic heterocycles. The van der Waals surface area contributed by atoms with Gasteiger partial charge in [-0.1, -0.05) is 66.7 Å². The van der Waals surface area contributed by atoms with Crippen molar-refractivity contribution in [2.45, 2.75) is 12.8 Å². The molecule has 1 heterocycles. The van der Waals surface area contributed by atoms with Crippen molar-refractivity contribution < 1.29 is 9.21 Å². The van der Waals surface area contributed by atoms with Crippen molar-refractivity contribution in [3.8, 4) is 11.3 Å². The van der Waals surface area contributed by atoms with Crippen molar-refractivity contribution >= 4 is 22.4 Å². The maximum atomic E-state index is 12.3. The predicted molar refractivity (Wildman–Crippen MR) is 103 cm³/mol. The van der Waals surface area contributed by atoms with Crippen LogP contribution in [0, 0.1) is 0 Å². The van der Waals surface area contributed by atoms with Crippen LogP contribution in [0.3, 0.4) is 0 Å². The molecule has 0 saturated carbocycles. The van der Waals surface area contributed by atoms with E-state index >= 15 is 0 Å². The van der Waals surface area contributed by atoms with Gasteiger partial charge in [0, 0.05) is 29.5 Å². The number of benzene rings is 3. The van der Waals surface area contributed by atoms with Crippen molar-refractivity contribution in [3.63, 3.8) is 0 Å². The lowest BCUT2D eigenvalue weighted by Gasteiger charge is -2.08. The molecule has 0 radical (unpaired) electrons. The normalized spacial score (nSPS) is 10.8. The first-order valence-electron chi connectivity index (χ1n) is 8.57. The van der Waals surface area contributed by atoms with Gasteiger partial charge in [-0.3, -0.25) is 4.79 Å². The molecule has 0 spiro atoms. The number of nitrogens with one attached hydrogen (secondary N) is 1. The summed E-state index contributed by atoms with van der Waals surface area (Å²) in [6, 6.07) is 23.7. The number of carbonyl (C=O) groups is 1. The number of hydrogen-bond acceptors (Lipinski definition) is 3. The summed E-state index contributed by atoms with van der Waals surface area (Å²) in [6.45, 7) is 0. The Hall–Kier alpha value is -3.40. The molecule has 0 aliphatic rings. The Bertz CT molecular complexity index is 1030. The Morgan fingerprint density at radius 3 is 2.58 bits per heavy atom. The molecule has 0 unspecified atom stereocenters. The zero-order valence-electron chi connectivity index (χ0n) is 14.2. The molecule has 0 atom stereocenters. The Morgan fingerprint density at radius 1 is 0.923 bits per heavy atom. The quantitative estimate of drug-likeness (QED) is 0.551. The number of oxazole rings is 1. The van der Waals surface area contributed by atoms with E-state index in [2.05, 4.69) is 10.3 Å². The number of anilines is 1. The van der Waals surface area contributed by atoms with Crippen LogP contribution in [0.2, 0.25) is 0 Å². The Labute approximate surface area is 151 Å². The fourth-order valence-electron chi connectivity index (χ4n) is 2.93. The third kappa shape index (κ3) is 3.49. The lowest BCUT2D eigenvalue weighted by atomic mass is 10.1. The maximum Gasteiger partial charge on any atom is 0.224 e. The highest BCUT2D eigenvalue weighted by molar-refractivity contribution is 6.02. The van der Waals surface area contributed by atoms with Gasteiger partial charge in [-0.05, 0) is 11.5 Å². The highest BCUT2D eigenvalue weighted by Gasteiger charge is 2.10. The highest BCUT2D eigenvalue weighted by atomic mass is 16.4. The Morgan fingerprint density at radius 2 is 1.69 bits per heavy atom. The summed E-state index contributed by atoms with van der Waals surface area (Å²) in [5, 5.41) is 5.12. The third-order valence-corrected chi connectivity index (χ3v) is 4.24. The lowest BCUT2D eigenvalue weighted by molar-refractivity contribution is -0.116. The van der Waals surface area contributed by atoms with E-state index in [1.54, 1.807) is 6.20 Å². The maximum absolute atomic E-state index is 12.3. The monoisotopic (exact) mass is 342 g/mol. The molecule has 3 aromatic carbocycles. The van der Waals surface area contributed by atoms with Crippen LogP contribution in [0.25, 0.3) is 22.1 Å². The molecular formula is C22H18N2O2. The first kappa shape index (κ1) is 16.1. The van der Waals surface area contributed by atoms with Gasteiger partial charge in [0.05, 0.1) is 6.20 Å². The van der Waals surface area contributed by atoms with Crippen LogP contribution in [0.5, 0.6) is 0 Å². The van der Waals surface area contributed by atoms with Crippen LogP contribution in [-0.2, 0) is 11.2 Å². The Balaban J connectivity index is 1.41. The average molecular weight is 342 g/mol. The first-order chi connectivity index (χ1) is 12.8. The number of carbonyl (C=O) groups excluding carboxylic acids is 1. The summed E-state index contributed by atoms with van der Waals surface area (Å²) in [5.74, 6) is 1.23. The summed E-state index contributed by atoms with van der Waals surface area (Å²) in [7, 11) is 0. The highest BCUT2D eigenvalue weighted by Crippen LogP contribution is 2.23. The van der Waals surface area contributed by atoms with Crippen LogP contribution in [0.15, 0.2) is 83.4 Å². The molecule has 26 heavy (non-hydrogen) atoms. The first-order valence-corrected chi connectivity index (χ1v) is 8.57. The van der Waals surface area contributed by atoms with E-state index < -0.39 is 0 Å². The van der Waals surface area contributed by atoms with Gasteiger partial charge >= 0.3 is 0 Å². The molecule has 4 heteroatoms. The van der Waals surface area contributed by atoms with E-state index in [0.717, 1.165) is 27.8 Å². The molecule has 0 fully saturated rings. The fourth-order valence-corrected chi connectivity index (χ4v) is 2.93. The SMILES string of the molecule is O=C(CCc1ncc(-c2ccccc2)o1)Nc1cccc2ccccc12. The number of fused-ring (bicyclic) bond motifs is 1. The molecule has 0 aliphatic carbocycles. The molecular weight excluding hydrogens is 324 g/mol. The topological polar surface area (TPSA) is 55.1 Å². The zero-order chi connectivity index (χ0) is 17.8. The van der Waals surface area contributed by atoms with Crippen LogP contribution in [-0.4, -0.2) is 10.9 Å². The third-order valence-electron chi connectivity index (χ3n) is 4.24. The summed E-state index contributed by atoms with van der Waals surface area (Å²) >= 11 is 0. The molecule has 4 aromatic rings. The van der Waals surface area contributed by atoms with Gasteiger partial charge in [0.25, 0.3) is 0 Å². The van der Waals surface area contributed by atoms with E-state index in [-0.39, 0.29) is 5.91 Å². The Kier molecular flexibility index (Phi) is 4.48. The van der Waals surface area contributed by atoms with Crippen molar-refractivity contribution in [2.24, 2.45) is 0 Å². The van der Waals surface area contributed by atoms with E-state index in [1.165, 1.54) is 0 Å². The smallest absolute Gasteiger partial charge is 0.224 e. The molecule has 0 saturated heterocycles. The van der Waals surface area contributed by atoms with Crippen molar-refractivity contribution in [3.05, 3.63) is 84.9 Å². The predicted octanol–water partition coefficient (Wildman–Crippen LogP) is 5.07. The second kappa shape index (κ2) is 7.23. The number of aromatic nitrogens is 1. The summed E-state index contributed by atoms with van der Waals surface area (Å²) in [4.78, 5) is 16.6. The lowest BCUT2D eigenvalue weighted by Crippen LogP contribution is -2.12. The van der Waals surface area contributed by atoms with Gasteiger partial charge in [-0.25, -0.2) is 4.98 Å². The second-order valence-corrected chi connectivity index (χ2v) is 6.06. The van der Waals surface area contributed by atoms with Gasteiger partial charge < -0.3 is 9.73 Å². The average Bonchev–Trinajstić information content (AvgIpc) is 3.17. The van der Waals surface area contributed by atoms with Gasteiger partial charge in [-0.15, -0.1) is 0 Å². The second-order valence-electron chi connectivity index (χ2n) is 6.06. The van der Waals surface area contributed by atoms with Crippen molar-refractivity contribution in [1.82, 2.24) is 4.98 Å². The van der Waals surface area contributed by atoms with E-state index in [4.69, 9.17) is 4.42 Å². The van der Waals surface area contributed by atoms with Crippen LogP contribution in [0.4, 0.5) is 5.69 Å².